The number of fused-ring (bicyclic) bond motifs is 1. The molecule has 3 aromatic rings. The lowest BCUT2D eigenvalue weighted by atomic mass is 9.89. The van der Waals surface area contributed by atoms with Crippen LogP contribution in [0.4, 0.5) is 11.4 Å². The van der Waals surface area contributed by atoms with E-state index in [1.165, 1.54) is 0 Å². The highest BCUT2D eigenvalue weighted by Crippen LogP contribution is 2.42. The molecule has 2 atom stereocenters. The number of aromatic nitrogens is 1. The average Bonchev–Trinajstić information content (AvgIpc) is 3.15. The van der Waals surface area contributed by atoms with Crippen LogP contribution in [0.25, 0.3) is 0 Å². The predicted octanol–water partition coefficient (Wildman–Crippen LogP) is 4.52. The fraction of sp³-hybridized carbons (Fsp3) is 0.261. The van der Waals surface area contributed by atoms with Crippen molar-refractivity contribution in [2.45, 2.75) is 39.3 Å². The molecule has 0 saturated carbocycles. The van der Waals surface area contributed by atoms with E-state index in [1.54, 1.807) is 24.8 Å². The Balaban J connectivity index is 1.78. The first-order chi connectivity index (χ1) is 14.0. The van der Waals surface area contributed by atoms with Crippen molar-refractivity contribution in [3.05, 3.63) is 77.7 Å². The molecule has 0 saturated heterocycles. The van der Waals surface area contributed by atoms with Gasteiger partial charge in [-0.05, 0) is 44.0 Å². The number of benzene rings is 2. The van der Waals surface area contributed by atoms with Gasteiger partial charge in [-0.15, -0.1) is 0 Å². The first-order valence-corrected chi connectivity index (χ1v) is 9.68. The third kappa shape index (κ3) is 3.42. The second-order valence-corrected chi connectivity index (χ2v) is 7.38. The summed E-state index contributed by atoms with van der Waals surface area (Å²) in [6, 6.07) is 18.8. The molecule has 0 radical (unpaired) electrons. The highest BCUT2D eigenvalue weighted by Gasteiger charge is 2.38. The van der Waals surface area contributed by atoms with Crippen molar-refractivity contribution in [1.82, 2.24) is 5.16 Å². The van der Waals surface area contributed by atoms with Crippen molar-refractivity contribution >= 4 is 23.2 Å². The normalized spacial score (nSPS) is 18.2. The van der Waals surface area contributed by atoms with Crippen LogP contribution in [0.1, 0.15) is 48.1 Å². The van der Waals surface area contributed by atoms with Crippen LogP contribution in [0.15, 0.2) is 65.2 Å². The smallest absolute Gasteiger partial charge is 0.280 e. The SMILES string of the molecule is CC(=O)N(c1ccccc1)[C@@H]1C[C@H](C)N(C(=O)c2cc(C)on2)c2ccccc21. The minimum Gasteiger partial charge on any atom is -0.361 e. The molecule has 1 aliphatic heterocycles. The second kappa shape index (κ2) is 7.54. The number of hydrogen-bond donors (Lipinski definition) is 0. The Hall–Kier alpha value is -3.41. The number of hydrogen-bond acceptors (Lipinski definition) is 4. The van der Waals surface area contributed by atoms with Crippen molar-refractivity contribution in [3.63, 3.8) is 0 Å². The zero-order chi connectivity index (χ0) is 20.5. The second-order valence-electron chi connectivity index (χ2n) is 7.38. The van der Waals surface area contributed by atoms with Crippen LogP contribution in [0.3, 0.4) is 0 Å². The van der Waals surface area contributed by atoms with E-state index in [2.05, 4.69) is 5.16 Å². The Morgan fingerprint density at radius 2 is 1.79 bits per heavy atom. The van der Waals surface area contributed by atoms with E-state index < -0.39 is 0 Å². The van der Waals surface area contributed by atoms with E-state index in [9.17, 15) is 9.59 Å². The quantitative estimate of drug-likeness (QED) is 0.661. The standard InChI is InChI=1S/C23H23N3O3/c1-15-13-22(26(17(3)27)18-9-5-4-6-10-18)19-11-7-8-12-21(19)25(15)23(28)20-14-16(2)29-24-20/h4-12,14-15,22H,13H2,1-3H3/t15-,22+/m0/s1. The van der Waals surface area contributed by atoms with E-state index >= 15 is 0 Å². The van der Waals surface area contributed by atoms with E-state index in [1.807, 2.05) is 66.4 Å². The number of nitrogens with zero attached hydrogens (tertiary/aromatic N) is 3. The summed E-state index contributed by atoms with van der Waals surface area (Å²) >= 11 is 0. The van der Waals surface area contributed by atoms with Crippen LogP contribution in [-0.4, -0.2) is 23.0 Å². The third-order valence-electron chi connectivity index (χ3n) is 5.31. The predicted molar refractivity (Wildman–Crippen MR) is 111 cm³/mol. The molecule has 2 heterocycles. The summed E-state index contributed by atoms with van der Waals surface area (Å²) < 4.78 is 5.10. The maximum absolute atomic E-state index is 13.2. The van der Waals surface area contributed by atoms with Crippen LogP contribution in [-0.2, 0) is 4.79 Å². The van der Waals surface area contributed by atoms with Crippen molar-refractivity contribution in [3.8, 4) is 0 Å². The third-order valence-corrected chi connectivity index (χ3v) is 5.31. The van der Waals surface area contributed by atoms with Gasteiger partial charge in [0.1, 0.15) is 5.76 Å². The van der Waals surface area contributed by atoms with Gasteiger partial charge < -0.3 is 14.3 Å². The minimum atomic E-state index is -0.200. The van der Waals surface area contributed by atoms with Crippen molar-refractivity contribution < 1.29 is 14.1 Å². The van der Waals surface area contributed by atoms with Crippen molar-refractivity contribution in [2.24, 2.45) is 0 Å². The first kappa shape index (κ1) is 18.9. The Morgan fingerprint density at radius 1 is 1.10 bits per heavy atom. The molecule has 1 aromatic heterocycles. The molecule has 0 fully saturated rings. The van der Waals surface area contributed by atoms with Gasteiger partial charge in [0, 0.05) is 30.4 Å². The Bertz CT molecular complexity index is 1040. The van der Waals surface area contributed by atoms with Gasteiger partial charge in [0.2, 0.25) is 5.91 Å². The monoisotopic (exact) mass is 389 g/mol. The number of carbonyl (C=O) groups is 2. The topological polar surface area (TPSA) is 66.7 Å². The van der Waals surface area contributed by atoms with Crippen molar-refractivity contribution in [2.75, 3.05) is 9.80 Å². The van der Waals surface area contributed by atoms with Gasteiger partial charge in [0.15, 0.2) is 5.69 Å². The molecule has 148 valence electrons. The number of para-hydroxylation sites is 2. The number of anilines is 2. The minimum absolute atomic E-state index is 0.0323. The maximum atomic E-state index is 13.2. The Kier molecular flexibility index (Phi) is 4.92. The van der Waals surface area contributed by atoms with Gasteiger partial charge in [-0.2, -0.15) is 0 Å². The lowest BCUT2D eigenvalue weighted by Gasteiger charge is -2.43. The first-order valence-electron chi connectivity index (χ1n) is 9.68. The molecule has 2 amide bonds. The zero-order valence-corrected chi connectivity index (χ0v) is 16.7. The number of amides is 2. The van der Waals surface area contributed by atoms with E-state index in [4.69, 9.17) is 4.52 Å². The van der Waals surface area contributed by atoms with Crippen molar-refractivity contribution in [1.29, 1.82) is 0 Å². The number of carbonyl (C=O) groups excluding carboxylic acids is 2. The molecule has 0 aliphatic carbocycles. The van der Waals surface area contributed by atoms with E-state index in [0.29, 0.717) is 12.2 Å². The molecule has 2 aromatic carbocycles. The molecule has 0 bridgehead atoms. The van der Waals surface area contributed by atoms with E-state index in [-0.39, 0.29) is 29.6 Å². The zero-order valence-electron chi connectivity index (χ0n) is 16.7. The molecule has 0 spiro atoms. The van der Waals surface area contributed by atoms with Gasteiger partial charge in [-0.25, -0.2) is 0 Å². The van der Waals surface area contributed by atoms with Crippen LogP contribution < -0.4 is 9.80 Å². The lowest BCUT2D eigenvalue weighted by Crippen LogP contribution is -2.47. The molecule has 6 heteroatoms. The van der Waals surface area contributed by atoms with Gasteiger partial charge in [-0.1, -0.05) is 41.6 Å². The number of aryl methyl sites for hydroxylation is 1. The van der Waals surface area contributed by atoms with E-state index in [0.717, 1.165) is 16.9 Å². The summed E-state index contributed by atoms with van der Waals surface area (Å²) in [5.74, 6) is 0.362. The summed E-state index contributed by atoms with van der Waals surface area (Å²) in [5.41, 5.74) is 2.87. The average molecular weight is 389 g/mol. The molecular weight excluding hydrogens is 366 g/mol. The maximum Gasteiger partial charge on any atom is 0.280 e. The molecule has 29 heavy (non-hydrogen) atoms. The number of rotatable bonds is 3. The molecule has 0 N–H and O–H groups in total. The molecule has 0 unspecified atom stereocenters. The van der Waals surface area contributed by atoms with Gasteiger partial charge in [0.05, 0.1) is 6.04 Å². The summed E-state index contributed by atoms with van der Waals surface area (Å²) in [4.78, 5) is 29.4. The lowest BCUT2D eigenvalue weighted by molar-refractivity contribution is -0.117. The summed E-state index contributed by atoms with van der Waals surface area (Å²) in [6.07, 6.45) is 0.619. The fourth-order valence-corrected chi connectivity index (χ4v) is 4.10. The van der Waals surface area contributed by atoms with Gasteiger partial charge in [-0.3, -0.25) is 9.59 Å². The summed E-state index contributed by atoms with van der Waals surface area (Å²) in [7, 11) is 0. The van der Waals surface area contributed by atoms with Crippen LogP contribution in [0, 0.1) is 6.92 Å². The van der Waals surface area contributed by atoms with Gasteiger partial charge >= 0.3 is 0 Å². The molecule has 1 aliphatic rings. The molecule has 6 nitrogen and oxygen atoms in total. The van der Waals surface area contributed by atoms with Crippen LogP contribution in [0.2, 0.25) is 0 Å². The van der Waals surface area contributed by atoms with Crippen LogP contribution >= 0.6 is 0 Å². The Morgan fingerprint density at radius 3 is 2.45 bits per heavy atom. The molecule has 4 rings (SSSR count). The van der Waals surface area contributed by atoms with Gasteiger partial charge in [0.25, 0.3) is 5.91 Å². The van der Waals surface area contributed by atoms with Crippen LogP contribution in [0.5, 0.6) is 0 Å². The summed E-state index contributed by atoms with van der Waals surface area (Å²) in [6.45, 7) is 5.34. The summed E-state index contributed by atoms with van der Waals surface area (Å²) in [5, 5.41) is 3.90. The Labute approximate surface area is 169 Å². The molecular formula is C23H23N3O3. The highest BCUT2D eigenvalue weighted by molar-refractivity contribution is 6.06. The largest absolute Gasteiger partial charge is 0.361 e. The fourth-order valence-electron chi connectivity index (χ4n) is 4.10. The highest BCUT2D eigenvalue weighted by atomic mass is 16.5.